The van der Waals surface area contributed by atoms with Gasteiger partial charge in [-0.2, -0.15) is 5.10 Å². The largest absolute Gasteiger partial charge is 0.326 e. The molecule has 1 fully saturated rings. The molecule has 0 radical (unpaired) electrons. The number of nitrogens with one attached hydrogen (secondary N) is 2. The van der Waals surface area contributed by atoms with Crippen LogP contribution in [0.5, 0.6) is 0 Å². The van der Waals surface area contributed by atoms with Crippen LogP contribution in [-0.2, 0) is 9.59 Å². The van der Waals surface area contributed by atoms with Gasteiger partial charge < -0.3 is 10.2 Å². The molecule has 0 aliphatic carbocycles. The number of carbonyl (C=O) groups is 2. The molecule has 5 rings (SSSR count). The molecule has 0 saturated carbocycles. The number of anilines is 2. The molecule has 33 heavy (non-hydrogen) atoms. The van der Waals surface area contributed by atoms with Gasteiger partial charge in [-0.05, 0) is 37.3 Å². The molecule has 0 bridgehead atoms. The second-order valence-corrected chi connectivity index (χ2v) is 8.25. The molecule has 1 aromatic heterocycles. The highest BCUT2D eigenvalue weighted by Crippen LogP contribution is 2.28. The van der Waals surface area contributed by atoms with E-state index in [1.807, 2.05) is 61.5 Å². The summed E-state index contributed by atoms with van der Waals surface area (Å²) in [5.41, 5.74) is 3.82. The van der Waals surface area contributed by atoms with E-state index in [9.17, 15) is 14.4 Å². The maximum Gasteiger partial charge on any atom is 0.272 e. The zero-order valence-corrected chi connectivity index (χ0v) is 18.0. The summed E-state index contributed by atoms with van der Waals surface area (Å²) in [6.07, 6.45) is 0.186. The smallest absolute Gasteiger partial charge is 0.272 e. The molecule has 3 aromatic carbocycles. The number of carbonyl (C=O) groups excluding carboxylic acids is 2. The first-order valence-electron chi connectivity index (χ1n) is 10.8. The number of aromatic amines is 1. The number of aromatic nitrogens is 2. The average Bonchev–Trinajstić information content (AvgIpc) is 3.22. The van der Waals surface area contributed by atoms with E-state index in [1.54, 1.807) is 23.1 Å². The Morgan fingerprint density at radius 1 is 0.970 bits per heavy atom. The molecular formula is C26H22N4O3. The number of benzene rings is 3. The van der Waals surface area contributed by atoms with Gasteiger partial charge in [0.15, 0.2) is 0 Å². The van der Waals surface area contributed by atoms with Crippen molar-refractivity contribution >= 4 is 34.0 Å². The Bertz CT molecular complexity index is 1410. The summed E-state index contributed by atoms with van der Waals surface area (Å²) in [7, 11) is 0. The standard InChI is InChI=1S/C26H22N4O3/c1-16-6-12-20(13-7-16)30-15-18(14-23(30)31)25(32)27-19-10-8-17(9-11-19)24-21-4-2-3-5-22(21)26(33)29-28-24/h2-13,18H,14-15H2,1H3,(H,27,32)(H,29,33). The quantitative estimate of drug-likeness (QED) is 0.505. The van der Waals surface area contributed by atoms with Crippen LogP contribution in [0.2, 0.25) is 0 Å². The molecular weight excluding hydrogens is 416 g/mol. The number of amides is 2. The van der Waals surface area contributed by atoms with Crippen molar-refractivity contribution in [1.82, 2.24) is 10.2 Å². The monoisotopic (exact) mass is 438 g/mol. The van der Waals surface area contributed by atoms with Crippen LogP contribution in [-0.4, -0.2) is 28.6 Å². The third kappa shape index (κ3) is 4.01. The van der Waals surface area contributed by atoms with Crippen LogP contribution in [0.1, 0.15) is 12.0 Å². The van der Waals surface area contributed by atoms with Crippen molar-refractivity contribution in [2.45, 2.75) is 13.3 Å². The molecule has 2 N–H and O–H groups in total. The number of H-pyrrole nitrogens is 1. The summed E-state index contributed by atoms with van der Waals surface area (Å²) in [6.45, 7) is 2.35. The maximum absolute atomic E-state index is 12.8. The first kappa shape index (κ1) is 20.6. The Morgan fingerprint density at radius 2 is 1.67 bits per heavy atom. The van der Waals surface area contributed by atoms with Crippen molar-refractivity contribution in [3.05, 3.63) is 88.7 Å². The minimum atomic E-state index is -0.414. The molecule has 0 spiro atoms. The van der Waals surface area contributed by atoms with Crippen molar-refractivity contribution < 1.29 is 9.59 Å². The zero-order valence-electron chi connectivity index (χ0n) is 18.0. The number of rotatable bonds is 4. The second kappa shape index (κ2) is 8.35. The Morgan fingerprint density at radius 3 is 2.39 bits per heavy atom. The predicted molar refractivity (Wildman–Crippen MR) is 128 cm³/mol. The van der Waals surface area contributed by atoms with Gasteiger partial charge in [-0.1, -0.05) is 48.0 Å². The summed E-state index contributed by atoms with van der Waals surface area (Å²) < 4.78 is 0. The Labute approximate surface area is 190 Å². The molecule has 7 nitrogen and oxygen atoms in total. The van der Waals surface area contributed by atoms with E-state index < -0.39 is 5.92 Å². The highest BCUT2D eigenvalue weighted by atomic mass is 16.2. The van der Waals surface area contributed by atoms with Gasteiger partial charge in [-0.15, -0.1) is 0 Å². The fraction of sp³-hybridized carbons (Fsp3) is 0.154. The normalized spacial score (nSPS) is 15.7. The molecule has 4 aromatic rings. The first-order chi connectivity index (χ1) is 16.0. The van der Waals surface area contributed by atoms with Crippen molar-refractivity contribution in [1.29, 1.82) is 0 Å². The summed E-state index contributed by atoms with van der Waals surface area (Å²) >= 11 is 0. The predicted octanol–water partition coefficient (Wildman–Crippen LogP) is 3.89. The molecule has 1 saturated heterocycles. The highest BCUT2D eigenvalue weighted by Gasteiger charge is 2.35. The average molecular weight is 438 g/mol. The van der Waals surface area contributed by atoms with Crippen molar-refractivity contribution in [2.24, 2.45) is 5.92 Å². The summed E-state index contributed by atoms with van der Waals surface area (Å²) in [6, 6.07) is 22.3. The number of fused-ring (bicyclic) bond motifs is 1. The molecule has 2 heterocycles. The van der Waals surface area contributed by atoms with Crippen LogP contribution in [0.3, 0.4) is 0 Å². The van der Waals surface area contributed by atoms with E-state index in [0.717, 1.165) is 22.2 Å². The van der Waals surface area contributed by atoms with Crippen molar-refractivity contribution in [2.75, 3.05) is 16.8 Å². The van der Waals surface area contributed by atoms with Crippen molar-refractivity contribution in [3.63, 3.8) is 0 Å². The third-order valence-electron chi connectivity index (χ3n) is 5.96. The van der Waals surface area contributed by atoms with Gasteiger partial charge in [0.2, 0.25) is 11.8 Å². The summed E-state index contributed by atoms with van der Waals surface area (Å²) in [4.78, 5) is 39.0. The second-order valence-electron chi connectivity index (χ2n) is 8.25. The molecule has 7 heteroatoms. The van der Waals surface area contributed by atoms with Crippen LogP contribution in [0.25, 0.3) is 22.0 Å². The highest BCUT2D eigenvalue weighted by molar-refractivity contribution is 6.03. The van der Waals surface area contributed by atoms with Gasteiger partial charge in [0.05, 0.1) is 17.0 Å². The topological polar surface area (TPSA) is 95.2 Å². The van der Waals surface area contributed by atoms with Crippen LogP contribution in [0.15, 0.2) is 77.6 Å². The minimum Gasteiger partial charge on any atom is -0.326 e. The Kier molecular flexibility index (Phi) is 5.22. The lowest BCUT2D eigenvalue weighted by Gasteiger charge is -2.17. The van der Waals surface area contributed by atoms with Gasteiger partial charge in [-0.25, -0.2) is 5.10 Å². The fourth-order valence-electron chi connectivity index (χ4n) is 4.15. The molecule has 1 aliphatic rings. The van der Waals surface area contributed by atoms with E-state index in [0.29, 0.717) is 23.3 Å². The summed E-state index contributed by atoms with van der Waals surface area (Å²) in [5.74, 6) is -0.646. The van der Waals surface area contributed by atoms with Crippen LogP contribution >= 0.6 is 0 Å². The van der Waals surface area contributed by atoms with Gasteiger partial charge in [-0.3, -0.25) is 14.4 Å². The lowest BCUT2D eigenvalue weighted by molar-refractivity contribution is -0.122. The van der Waals surface area contributed by atoms with Crippen molar-refractivity contribution in [3.8, 4) is 11.3 Å². The maximum atomic E-state index is 12.8. The fourth-order valence-corrected chi connectivity index (χ4v) is 4.15. The lowest BCUT2D eigenvalue weighted by Crippen LogP contribution is -2.28. The van der Waals surface area contributed by atoms with Gasteiger partial charge in [0.25, 0.3) is 5.56 Å². The molecule has 1 unspecified atom stereocenters. The first-order valence-corrected chi connectivity index (χ1v) is 10.8. The number of hydrogen-bond donors (Lipinski definition) is 2. The van der Waals surface area contributed by atoms with Crippen LogP contribution in [0.4, 0.5) is 11.4 Å². The van der Waals surface area contributed by atoms with Gasteiger partial charge in [0.1, 0.15) is 0 Å². The summed E-state index contributed by atoms with van der Waals surface area (Å²) in [5, 5.41) is 11.0. The number of aryl methyl sites for hydroxylation is 1. The van der Waals surface area contributed by atoms with Crippen LogP contribution < -0.4 is 15.8 Å². The Hall–Kier alpha value is -4.26. The van der Waals surface area contributed by atoms with E-state index in [2.05, 4.69) is 15.5 Å². The lowest BCUT2D eigenvalue weighted by atomic mass is 10.0. The Balaban J connectivity index is 1.31. The number of hydrogen-bond acceptors (Lipinski definition) is 4. The minimum absolute atomic E-state index is 0.0506. The molecule has 2 amide bonds. The molecule has 1 atom stereocenters. The number of nitrogens with zero attached hydrogens (tertiary/aromatic N) is 2. The zero-order chi connectivity index (χ0) is 22.9. The SMILES string of the molecule is Cc1ccc(N2CC(C(=O)Nc3ccc(-c4n[nH]c(=O)c5ccccc45)cc3)CC2=O)cc1. The van der Waals surface area contributed by atoms with E-state index in [4.69, 9.17) is 0 Å². The van der Waals surface area contributed by atoms with Gasteiger partial charge in [0, 0.05) is 35.3 Å². The molecule has 164 valence electrons. The van der Waals surface area contributed by atoms with Crippen LogP contribution in [0, 0.1) is 12.8 Å². The third-order valence-corrected chi connectivity index (χ3v) is 5.96. The van der Waals surface area contributed by atoms with E-state index >= 15 is 0 Å². The van der Waals surface area contributed by atoms with Gasteiger partial charge >= 0.3 is 0 Å². The van der Waals surface area contributed by atoms with E-state index in [1.165, 1.54) is 0 Å². The van der Waals surface area contributed by atoms with E-state index in [-0.39, 0.29) is 23.8 Å². The molecule has 1 aliphatic heterocycles.